The summed E-state index contributed by atoms with van der Waals surface area (Å²) in [5, 5.41) is 6.60. The minimum atomic E-state index is -0.872. The van der Waals surface area contributed by atoms with Gasteiger partial charge in [0, 0.05) is 24.0 Å². The van der Waals surface area contributed by atoms with Crippen LogP contribution in [0.4, 0.5) is 5.69 Å². The Morgan fingerprint density at radius 3 is 2.73 bits per heavy atom. The Morgan fingerprint density at radius 1 is 1.20 bits per heavy atom. The molecule has 4 rings (SSSR count). The number of hydrogen-bond donors (Lipinski definition) is 1. The molecule has 0 radical (unpaired) electrons. The highest BCUT2D eigenvalue weighted by molar-refractivity contribution is 9.10. The molecule has 0 spiro atoms. The summed E-state index contributed by atoms with van der Waals surface area (Å²) in [6, 6.07) is 15.9. The minimum Gasteiger partial charge on any atom is -0.486 e. The fraction of sp³-hybridized carbons (Fsp3) is 0.227. The maximum absolute atomic E-state index is 13.0. The molecule has 7 nitrogen and oxygen atoms in total. The van der Waals surface area contributed by atoms with Gasteiger partial charge in [0.15, 0.2) is 5.69 Å². The Hall–Kier alpha value is -3.13. The van der Waals surface area contributed by atoms with E-state index in [9.17, 15) is 9.59 Å². The predicted molar refractivity (Wildman–Crippen MR) is 115 cm³/mol. The molecule has 2 aromatic carbocycles. The highest BCUT2D eigenvalue weighted by Crippen LogP contribution is 2.34. The maximum Gasteiger partial charge on any atom is 0.274 e. The van der Waals surface area contributed by atoms with Crippen molar-refractivity contribution < 1.29 is 18.8 Å². The van der Waals surface area contributed by atoms with Gasteiger partial charge in [-0.2, -0.15) is 0 Å². The number of nitrogens with zero attached hydrogens (tertiary/aromatic N) is 2. The first-order valence-corrected chi connectivity index (χ1v) is 10.3. The topological polar surface area (TPSA) is 84.7 Å². The van der Waals surface area contributed by atoms with Crippen LogP contribution in [-0.4, -0.2) is 36.2 Å². The zero-order valence-electron chi connectivity index (χ0n) is 16.5. The lowest BCUT2D eigenvalue weighted by atomic mass is 10.1. The van der Waals surface area contributed by atoms with Crippen LogP contribution in [0.3, 0.4) is 0 Å². The zero-order valence-corrected chi connectivity index (χ0v) is 18.0. The fourth-order valence-corrected chi connectivity index (χ4v) is 3.69. The number of likely N-dealkylation sites (N-methyl/N-ethyl adjacent to an activating group) is 1. The number of halogens is 1. The van der Waals surface area contributed by atoms with Gasteiger partial charge in [0.1, 0.15) is 23.7 Å². The molecule has 2 atom stereocenters. The Balaban J connectivity index is 1.50. The molecular weight excluding hydrogens is 450 g/mol. The van der Waals surface area contributed by atoms with Crippen LogP contribution >= 0.6 is 15.9 Å². The van der Waals surface area contributed by atoms with Crippen molar-refractivity contribution in [1.29, 1.82) is 0 Å². The standard InChI is InChI=1S/C22H20BrN3O4/c1-13-20(22(28)26(2)18-11-15(23)8-9-19(18)29-13)24-21(27)17-12-16(30-25-17)10-14-6-4-3-5-7-14/h3-9,11-13,20H,10H2,1-2H3,(H,24,27)/t13-,20+/m1/s1. The molecule has 1 aliphatic rings. The van der Waals surface area contributed by atoms with E-state index in [4.69, 9.17) is 9.26 Å². The number of rotatable bonds is 4. The average molecular weight is 470 g/mol. The van der Waals surface area contributed by atoms with Crippen molar-refractivity contribution in [3.63, 3.8) is 0 Å². The normalized spacial score (nSPS) is 18.4. The van der Waals surface area contributed by atoms with Crippen molar-refractivity contribution in [1.82, 2.24) is 10.5 Å². The molecule has 0 aliphatic carbocycles. The summed E-state index contributed by atoms with van der Waals surface area (Å²) in [6.45, 7) is 1.75. The predicted octanol–water partition coefficient (Wildman–Crippen LogP) is 3.57. The second kappa shape index (κ2) is 8.31. The van der Waals surface area contributed by atoms with E-state index in [-0.39, 0.29) is 11.6 Å². The van der Waals surface area contributed by atoms with E-state index >= 15 is 0 Å². The summed E-state index contributed by atoms with van der Waals surface area (Å²) in [5.41, 5.74) is 1.80. The van der Waals surface area contributed by atoms with Crippen LogP contribution in [0.25, 0.3) is 0 Å². The van der Waals surface area contributed by atoms with E-state index in [0.717, 1.165) is 10.0 Å². The van der Waals surface area contributed by atoms with Crippen LogP contribution in [0, 0.1) is 0 Å². The molecule has 154 valence electrons. The number of amides is 2. The summed E-state index contributed by atoms with van der Waals surface area (Å²) in [6.07, 6.45) is -0.0438. The van der Waals surface area contributed by atoms with E-state index in [1.165, 1.54) is 4.90 Å². The smallest absolute Gasteiger partial charge is 0.274 e. The van der Waals surface area contributed by atoms with Gasteiger partial charge in [-0.15, -0.1) is 0 Å². The third kappa shape index (κ3) is 4.09. The zero-order chi connectivity index (χ0) is 21.3. The highest BCUT2D eigenvalue weighted by atomic mass is 79.9. The van der Waals surface area contributed by atoms with Gasteiger partial charge in [0.05, 0.1) is 5.69 Å². The van der Waals surface area contributed by atoms with Gasteiger partial charge >= 0.3 is 0 Å². The molecule has 2 heterocycles. The second-order valence-electron chi connectivity index (χ2n) is 7.12. The van der Waals surface area contributed by atoms with Gasteiger partial charge in [0.25, 0.3) is 11.8 Å². The molecule has 0 fully saturated rings. The second-order valence-corrected chi connectivity index (χ2v) is 8.04. The largest absolute Gasteiger partial charge is 0.486 e. The quantitative estimate of drug-likeness (QED) is 0.631. The molecule has 0 bridgehead atoms. The van der Waals surface area contributed by atoms with Gasteiger partial charge in [-0.05, 0) is 30.7 Å². The van der Waals surface area contributed by atoms with Crippen LogP contribution in [0.2, 0.25) is 0 Å². The number of nitrogens with one attached hydrogen (secondary N) is 1. The number of anilines is 1. The number of fused-ring (bicyclic) bond motifs is 1. The Bertz CT molecular complexity index is 1080. The molecule has 0 saturated carbocycles. The van der Waals surface area contributed by atoms with Gasteiger partial charge in [-0.3, -0.25) is 9.59 Å². The highest BCUT2D eigenvalue weighted by Gasteiger charge is 2.36. The molecular formula is C22H20BrN3O4. The van der Waals surface area contributed by atoms with E-state index in [0.29, 0.717) is 23.6 Å². The van der Waals surface area contributed by atoms with Crippen molar-refractivity contribution in [3.8, 4) is 5.75 Å². The molecule has 1 aliphatic heterocycles. The number of carbonyl (C=O) groups is 2. The number of aromatic nitrogens is 1. The molecule has 1 aromatic heterocycles. The first-order valence-electron chi connectivity index (χ1n) is 9.46. The number of ether oxygens (including phenoxy) is 1. The van der Waals surface area contributed by atoms with Gasteiger partial charge in [0.2, 0.25) is 0 Å². The number of benzene rings is 2. The Labute approximate surface area is 182 Å². The molecule has 2 amide bonds. The fourth-order valence-electron chi connectivity index (χ4n) is 3.34. The molecule has 0 unspecified atom stereocenters. The van der Waals surface area contributed by atoms with Crippen molar-refractivity contribution in [2.45, 2.75) is 25.5 Å². The molecule has 1 N–H and O–H groups in total. The van der Waals surface area contributed by atoms with Crippen LogP contribution in [0.15, 0.2) is 63.6 Å². The molecule has 3 aromatic rings. The van der Waals surface area contributed by atoms with Crippen LogP contribution in [0.1, 0.15) is 28.7 Å². The monoisotopic (exact) mass is 469 g/mol. The van der Waals surface area contributed by atoms with Crippen molar-refractivity contribution in [2.75, 3.05) is 11.9 Å². The summed E-state index contributed by atoms with van der Waals surface area (Å²) < 4.78 is 12.1. The van der Waals surface area contributed by atoms with E-state index in [2.05, 4.69) is 26.4 Å². The lowest BCUT2D eigenvalue weighted by molar-refractivity contribution is -0.121. The summed E-state index contributed by atoms with van der Waals surface area (Å²) in [4.78, 5) is 27.2. The molecule has 30 heavy (non-hydrogen) atoms. The Morgan fingerprint density at radius 2 is 1.97 bits per heavy atom. The number of hydrogen-bond acceptors (Lipinski definition) is 5. The van der Waals surface area contributed by atoms with Gasteiger partial charge < -0.3 is 19.5 Å². The Kier molecular flexibility index (Phi) is 5.59. The average Bonchev–Trinajstić information content (AvgIpc) is 3.18. The van der Waals surface area contributed by atoms with Gasteiger partial charge in [-0.25, -0.2) is 0 Å². The van der Waals surface area contributed by atoms with Crippen LogP contribution in [0.5, 0.6) is 5.75 Å². The summed E-state index contributed by atoms with van der Waals surface area (Å²) >= 11 is 3.41. The summed E-state index contributed by atoms with van der Waals surface area (Å²) in [7, 11) is 1.65. The van der Waals surface area contributed by atoms with Crippen LogP contribution in [-0.2, 0) is 11.2 Å². The third-order valence-electron chi connectivity index (χ3n) is 4.96. The van der Waals surface area contributed by atoms with E-state index in [1.807, 2.05) is 36.4 Å². The van der Waals surface area contributed by atoms with Crippen LogP contribution < -0.4 is 15.0 Å². The minimum absolute atomic E-state index is 0.119. The lowest BCUT2D eigenvalue weighted by Crippen LogP contribution is -2.53. The number of carbonyl (C=O) groups excluding carboxylic acids is 2. The van der Waals surface area contributed by atoms with E-state index in [1.54, 1.807) is 32.2 Å². The van der Waals surface area contributed by atoms with Gasteiger partial charge in [-0.1, -0.05) is 51.4 Å². The first-order chi connectivity index (χ1) is 14.4. The third-order valence-corrected chi connectivity index (χ3v) is 5.45. The first kappa shape index (κ1) is 20.2. The van der Waals surface area contributed by atoms with E-state index < -0.39 is 18.1 Å². The van der Waals surface area contributed by atoms with Crippen molar-refractivity contribution in [3.05, 3.63) is 76.1 Å². The van der Waals surface area contributed by atoms with Crippen molar-refractivity contribution >= 4 is 33.4 Å². The SMILES string of the molecule is C[C@H]1Oc2ccc(Br)cc2N(C)C(=O)[C@H]1NC(=O)c1cc(Cc2ccccc2)on1. The lowest BCUT2D eigenvalue weighted by Gasteiger charge is -2.23. The summed E-state index contributed by atoms with van der Waals surface area (Å²) in [5.74, 6) is 0.371. The molecule has 8 heteroatoms. The molecule has 0 saturated heterocycles. The maximum atomic E-state index is 13.0. The van der Waals surface area contributed by atoms with Crippen molar-refractivity contribution in [2.24, 2.45) is 0 Å².